The van der Waals surface area contributed by atoms with Gasteiger partial charge in [0.1, 0.15) is 0 Å². The van der Waals surface area contributed by atoms with Gasteiger partial charge in [0, 0.05) is 0 Å². The minimum atomic E-state index is -4.28. The van der Waals surface area contributed by atoms with E-state index in [-0.39, 0.29) is 0 Å². The highest BCUT2D eigenvalue weighted by Crippen LogP contribution is 2.31. The Labute approximate surface area is 141 Å². The van der Waals surface area contributed by atoms with Crippen LogP contribution in [0.25, 0.3) is 11.1 Å². The molecule has 24 heavy (non-hydrogen) atoms. The Morgan fingerprint density at radius 2 is 1.29 bits per heavy atom. The molecule has 1 aliphatic rings. The number of benzene rings is 2. The molecule has 3 rings (SSSR count). The molecule has 0 nitrogen and oxygen atoms in total. The molecule has 1 saturated carbocycles. The first-order valence-corrected chi connectivity index (χ1v) is 8.79. The summed E-state index contributed by atoms with van der Waals surface area (Å²) in [5, 5.41) is 0. The summed E-state index contributed by atoms with van der Waals surface area (Å²) in [6.07, 6.45) is 4.93. The summed E-state index contributed by atoms with van der Waals surface area (Å²) < 4.78 is 37.8. The fraction of sp³-hybridized carbons (Fsp3) is 0.429. The Morgan fingerprint density at radius 1 is 0.750 bits per heavy atom. The van der Waals surface area contributed by atoms with Gasteiger partial charge in [0.15, 0.2) is 0 Å². The van der Waals surface area contributed by atoms with Crippen LogP contribution in [-0.4, -0.2) is 0 Å². The van der Waals surface area contributed by atoms with Gasteiger partial charge in [-0.3, -0.25) is 0 Å². The highest BCUT2D eigenvalue weighted by molar-refractivity contribution is 5.64. The summed E-state index contributed by atoms with van der Waals surface area (Å²) in [5.41, 5.74) is 2.50. The van der Waals surface area contributed by atoms with E-state index in [4.69, 9.17) is 0 Å². The van der Waals surface area contributed by atoms with Gasteiger partial charge < -0.3 is 0 Å². The lowest BCUT2D eigenvalue weighted by Crippen LogP contribution is -2.07. The Hall–Kier alpha value is -1.77. The Morgan fingerprint density at radius 3 is 1.83 bits per heavy atom. The minimum absolute atomic E-state index is 0.602. The smallest absolute Gasteiger partial charge is 0.166 e. The molecular weight excluding hydrogens is 309 g/mol. The molecule has 2 aromatic rings. The van der Waals surface area contributed by atoms with Crippen molar-refractivity contribution >= 4 is 0 Å². The first-order valence-electron chi connectivity index (χ1n) is 8.79. The number of halogens is 3. The van der Waals surface area contributed by atoms with Crippen LogP contribution in [0, 0.1) is 5.92 Å². The van der Waals surface area contributed by atoms with Crippen LogP contribution in [0.5, 0.6) is 0 Å². The largest absolute Gasteiger partial charge is 0.416 e. The lowest BCUT2D eigenvalue weighted by molar-refractivity contribution is -0.137. The maximum absolute atomic E-state index is 12.6. The van der Waals surface area contributed by atoms with Crippen LogP contribution in [-0.2, 0) is 12.6 Å². The van der Waals surface area contributed by atoms with Crippen molar-refractivity contribution in [3.8, 4) is 11.1 Å². The average Bonchev–Trinajstić information content (AvgIpc) is 2.61. The Kier molecular flexibility index (Phi) is 5.27. The van der Waals surface area contributed by atoms with E-state index in [0.29, 0.717) is 0 Å². The van der Waals surface area contributed by atoms with E-state index >= 15 is 0 Å². The zero-order chi connectivity index (χ0) is 17.0. The molecule has 128 valence electrons. The Balaban J connectivity index is 1.61. The van der Waals surface area contributed by atoms with Gasteiger partial charge in [-0.05, 0) is 47.6 Å². The van der Waals surface area contributed by atoms with E-state index in [1.54, 1.807) is 12.1 Å². The molecule has 0 atom stereocenters. The van der Waals surface area contributed by atoms with E-state index in [1.165, 1.54) is 44.1 Å². The predicted octanol–water partition coefficient (Wildman–Crippen LogP) is 6.89. The average molecular weight is 332 g/mol. The molecular formula is C21H23F3. The Bertz CT molecular complexity index is 632. The van der Waals surface area contributed by atoms with Gasteiger partial charge in [0.25, 0.3) is 0 Å². The molecule has 0 radical (unpaired) electrons. The fourth-order valence-electron chi connectivity index (χ4n) is 3.56. The zero-order valence-corrected chi connectivity index (χ0v) is 13.8. The van der Waals surface area contributed by atoms with Gasteiger partial charge in [0.05, 0.1) is 5.56 Å². The van der Waals surface area contributed by atoms with Gasteiger partial charge in [-0.1, -0.05) is 68.5 Å². The summed E-state index contributed by atoms with van der Waals surface area (Å²) in [6.45, 7) is 0. The van der Waals surface area contributed by atoms with Crippen molar-refractivity contribution in [1.82, 2.24) is 0 Å². The number of hydrogen-bond donors (Lipinski definition) is 0. The van der Waals surface area contributed by atoms with Crippen molar-refractivity contribution < 1.29 is 13.2 Å². The summed E-state index contributed by atoms with van der Waals surface area (Å²) >= 11 is 0. The second-order valence-electron chi connectivity index (χ2n) is 6.81. The normalized spacial score (nSPS) is 16.3. The second-order valence-corrected chi connectivity index (χ2v) is 6.81. The standard InChI is InChI=1S/C21H23F3/c22-21(23,24)20-14-12-19(13-15-20)18-10-8-17(9-11-18)7-6-16-4-2-1-3-5-16/h8-16H,1-7H2. The SMILES string of the molecule is FC(F)(F)c1ccc(-c2ccc(CCC3CCCCC3)cc2)cc1. The molecule has 3 heteroatoms. The van der Waals surface area contributed by atoms with Crippen molar-refractivity contribution in [1.29, 1.82) is 0 Å². The molecule has 1 fully saturated rings. The molecule has 0 unspecified atom stereocenters. The summed E-state index contributed by atoms with van der Waals surface area (Å²) in [4.78, 5) is 0. The third kappa shape index (κ3) is 4.40. The highest BCUT2D eigenvalue weighted by Gasteiger charge is 2.29. The summed E-state index contributed by atoms with van der Waals surface area (Å²) in [5.74, 6) is 0.869. The molecule has 0 aromatic heterocycles. The van der Waals surface area contributed by atoms with E-state index in [0.717, 1.165) is 35.6 Å². The van der Waals surface area contributed by atoms with Crippen LogP contribution in [0.3, 0.4) is 0 Å². The fourth-order valence-corrected chi connectivity index (χ4v) is 3.56. The number of alkyl halides is 3. The first-order chi connectivity index (χ1) is 11.5. The van der Waals surface area contributed by atoms with Crippen molar-refractivity contribution in [3.63, 3.8) is 0 Å². The molecule has 0 saturated heterocycles. The lowest BCUT2D eigenvalue weighted by Gasteiger charge is -2.21. The van der Waals surface area contributed by atoms with Gasteiger partial charge >= 0.3 is 6.18 Å². The second kappa shape index (κ2) is 7.42. The van der Waals surface area contributed by atoms with Crippen LogP contribution in [0.4, 0.5) is 13.2 Å². The van der Waals surface area contributed by atoms with E-state index in [2.05, 4.69) is 12.1 Å². The minimum Gasteiger partial charge on any atom is -0.166 e. The summed E-state index contributed by atoms with van der Waals surface area (Å²) in [6, 6.07) is 13.6. The lowest BCUT2D eigenvalue weighted by atomic mass is 9.85. The number of aryl methyl sites for hydroxylation is 1. The molecule has 1 aliphatic carbocycles. The van der Waals surface area contributed by atoms with Crippen molar-refractivity contribution in [3.05, 3.63) is 59.7 Å². The van der Waals surface area contributed by atoms with Crippen LogP contribution >= 0.6 is 0 Å². The van der Waals surface area contributed by atoms with Crippen molar-refractivity contribution in [2.45, 2.75) is 51.1 Å². The van der Waals surface area contributed by atoms with Gasteiger partial charge in [-0.15, -0.1) is 0 Å². The van der Waals surface area contributed by atoms with Gasteiger partial charge in [0.2, 0.25) is 0 Å². The molecule has 0 N–H and O–H groups in total. The molecule has 0 amide bonds. The number of rotatable bonds is 4. The van der Waals surface area contributed by atoms with Crippen molar-refractivity contribution in [2.75, 3.05) is 0 Å². The van der Waals surface area contributed by atoms with Crippen molar-refractivity contribution in [2.24, 2.45) is 5.92 Å². The third-order valence-corrected chi connectivity index (χ3v) is 5.07. The van der Waals surface area contributed by atoms with Crippen LogP contribution in [0.2, 0.25) is 0 Å². The molecule has 0 heterocycles. The van der Waals surface area contributed by atoms with Crippen LogP contribution in [0.15, 0.2) is 48.5 Å². The highest BCUT2D eigenvalue weighted by atomic mass is 19.4. The molecule has 0 aliphatic heterocycles. The molecule has 2 aromatic carbocycles. The van der Waals surface area contributed by atoms with Gasteiger partial charge in [-0.25, -0.2) is 0 Å². The zero-order valence-electron chi connectivity index (χ0n) is 13.8. The van der Waals surface area contributed by atoms with E-state index in [1.807, 2.05) is 12.1 Å². The van der Waals surface area contributed by atoms with Gasteiger partial charge in [-0.2, -0.15) is 13.2 Å². The quantitative estimate of drug-likeness (QED) is 0.572. The monoisotopic (exact) mass is 332 g/mol. The summed E-state index contributed by atoms with van der Waals surface area (Å²) in [7, 11) is 0. The van der Waals surface area contributed by atoms with E-state index in [9.17, 15) is 13.2 Å². The van der Waals surface area contributed by atoms with Crippen LogP contribution < -0.4 is 0 Å². The number of hydrogen-bond acceptors (Lipinski definition) is 0. The van der Waals surface area contributed by atoms with Crippen LogP contribution in [0.1, 0.15) is 49.7 Å². The predicted molar refractivity (Wildman–Crippen MR) is 91.8 cm³/mol. The topological polar surface area (TPSA) is 0 Å². The molecule has 0 spiro atoms. The first kappa shape index (κ1) is 17.1. The molecule has 0 bridgehead atoms. The maximum Gasteiger partial charge on any atom is 0.416 e. The maximum atomic E-state index is 12.6. The van der Waals surface area contributed by atoms with E-state index < -0.39 is 11.7 Å². The third-order valence-electron chi connectivity index (χ3n) is 5.07.